The molecule has 1 unspecified atom stereocenters. The molecule has 37 heavy (non-hydrogen) atoms. The molecular weight excluding hydrogens is 506 g/mol. The highest BCUT2D eigenvalue weighted by molar-refractivity contribution is 7.94. The number of amides is 1. The summed E-state index contributed by atoms with van der Waals surface area (Å²) in [4.78, 5) is 22.5. The predicted octanol–water partition coefficient (Wildman–Crippen LogP) is 3.04. The van der Waals surface area contributed by atoms with Crippen LogP contribution >= 0.6 is 0 Å². The first-order chi connectivity index (χ1) is 17.6. The van der Waals surface area contributed by atoms with E-state index in [4.69, 9.17) is 4.74 Å². The summed E-state index contributed by atoms with van der Waals surface area (Å²) in [6.45, 7) is 1.66. The number of piperazine rings is 1. The summed E-state index contributed by atoms with van der Waals surface area (Å²) in [5.74, 6) is -0.113. The Bertz CT molecular complexity index is 1340. The fourth-order valence-corrected chi connectivity index (χ4v) is 5.60. The standard InChI is InChI=1S/C24H28F2N6O4S/c1-15(17-11-21(33)27-13-17)36-23-22-20(28-14-32(22)24(25)26)12-19(29-23)16-3-5-18(6-4-16)30-7-9-31(10-8-30)37(2,34)35/h3-6,12,14-15,17,24H,7-11,13H2,1-2H3,(H-,27,33,34,35)/p+1/t15-,17-/m1/s1. The number of imidazole rings is 1. The number of hydrogen-bond donors (Lipinski definition) is 2. The number of carbonyl (C=O) groups is 1. The third-order valence-electron chi connectivity index (χ3n) is 6.95. The van der Waals surface area contributed by atoms with E-state index in [0.717, 1.165) is 22.1 Å². The fourth-order valence-electron chi connectivity index (χ4n) is 4.76. The molecule has 0 bridgehead atoms. The van der Waals surface area contributed by atoms with Gasteiger partial charge in [0.05, 0.1) is 24.3 Å². The lowest BCUT2D eigenvalue weighted by atomic mass is 10.0. The van der Waals surface area contributed by atoms with Crippen molar-refractivity contribution in [3.63, 3.8) is 0 Å². The normalized spacial score (nSPS) is 21.3. The zero-order valence-corrected chi connectivity index (χ0v) is 21.3. The van der Waals surface area contributed by atoms with Crippen LogP contribution in [0.2, 0.25) is 0 Å². The van der Waals surface area contributed by atoms with Crippen LogP contribution in [0.3, 0.4) is 0 Å². The Morgan fingerprint density at radius 3 is 2.49 bits per heavy atom. The molecule has 3 aromatic rings. The van der Waals surface area contributed by atoms with Crippen molar-refractivity contribution >= 4 is 33.0 Å². The predicted molar refractivity (Wildman–Crippen MR) is 136 cm³/mol. The molecule has 2 aliphatic heterocycles. The molecular formula is C24H29F2N6O4S+. The Morgan fingerprint density at radius 2 is 1.89 bits per heavy atom. The Hall–Kier alpha value is -3.16. The van der Waals surface area contributed by atoms with Crippen LogP contribution < -0.4 is 15.0 Å². The van der Waals surface area contributed by atoms with E-state index in [1.165, 1.54) is 6.26 Å². The zero-order valence-electron chi connectivity index (χ0n) is 20.5. The van der Waals surface area contributed by atoms with Gasteiger partial charge in [-0.25, -0.2) is 9.97 Å². The Balaban J connectivity index is 1.41. The third kappa shape index (κ3) is 5.29. The highest BCUT2D eigenvalue weighted by atomic mass is 32.3. The molecule has 2 aliphatic rings. The summed E-state index contributed by atoms with van der Waals surface area (Å²) in [6, 6.07) is 9.31. The number of benzene rings is 1. The van der Waals surface area contributed by atoms with E-state index in [0.29, 0.717) is 50.4 Å². The minimum absolute atomic E-state index is 0.0458. The number of carbonyl (C=O) groups excluding carboxylic acids is 1. The van der Waals surface area contributed by atoms with Gasteiger partial charge in [0.1, 0.15) is 17.9 Å². The molecule has 10 nitrogen and oxygen atoms in total. The second-order valence-electron chi connectivity index (χ2n) is 9.43. The number of alkyl halides is 2. The minimum Gasteiger partial charge on any atom is -0.473 e. The number of nitrogens with zero attached hydrogens (tertiary/aromatic N) is 5. The van der Waals surface area contributed by atoms with Crippen molar-refractivity contribution in [2.45, 2.75) is 26.0 Å². The van der Waals surface area contributed by atoms with Crippen molar-refractivity contribution in [2.75, 3.05) is 43.9 Å². The van der Waals surface area contributed by atoms with Crippen molar-refractivity contribution in [3.8, 4) is 17.1 Å². The maximum absolute atomic E-state index is 13.7. The highest BCUT2D eigenvalue weighted by Gasteiger charge is 2.33. The number of anilines is 1. The van der Waals surface area contributed by atoms with Gasteiger partial charge in [0, 0.05) is 43.2 Å². The molecule has 1 amide bonds. The summed E-state index contributed by atoms with van der Waals surface area (Å²) < 4.78 is 57.4. The summed E-state index contributed by atoms with van der Waals surface area (Å²) in [5.41, 5.74) is 2.69. The van der Waals surface area contributed by atoms with Crippen LogP contribution in [0.5, 0.6) is 5.88 Å². The monoisotopic (exact) mass is 535 g/mol. The molecule has 5 rings (SSSR count). The van der Waals surface area contributed by atoms with Crippen LogP contribution in [0, 0.1) is 5.92 Å². The van der Waals surface area contributed by atoms with E-state index in [-0.39, 0.29) is 23.2 Å². The molecule has 2 aromatic heterocycles. The number of aromatic nitrogens is 3. The van der Waals surface area contributed by atoms with E-state index < -0.39 is 23.1 Å². The molecule has 0 spiro atoms. The summed E-state index contributed by atoms with van der Waals surface area (Å²) >= 11 is 0. The van der Waals surface area contributed by atoms with Gasteiger partial charge in [0.15, 0.2) is 6.26 Å². The van der Waals surface area contributed by atoms with Gasteiger partial charge in [0.2, 0.25) is 11.8 Å². The number of hydrogen-bond acceptors (Lipinski definition) is 6. The van der Waals surface area contributed by atoms with Crippen LogP contribution in [-0.2, 0) is 19.4 Å². The van der Waals surface area contributed by atoms with Gasteiger partial charge in [-0.3, -0.25) is 9.36 Å². The number of fused-ring (bicyclic) bond motifs is 1. The molecule has 4 heterocycles. The van der Waals surface area contributed by atoms with E-state index in [2.05, 4.69) is 20.2 Å². The molecule has 3 atom stereocenters. The average molecular weight is 536 g/mol. The van der Waals surface area contributed by atoms with E-state index in [1.807, 2.05) is 24.3 Å². The van der Waals surface area contributed by atoms with Crippen molar-refractivity contribution in [3.05, 3.63) is 36.7 Å². The van der Waals surface area contributed by atoms with Crippen molar-refractivity contribution in [1.29, 1.82) is 0 Å². The molecule has 2 fully saturated rings. The number of ether oxygens (including phenoxy) is 1. The molecule has 0 saturated carbocycles. The molecule has 2 saturated heterocycles. The fraction of sp³-hybridized carbons (Fsp3) is 0.458. The first kappa shape index (κ1) is 25.5. The lowest BCUT2D eigenvalue weighted by Crippen LogP contribution is -2.50. The first-order valence-corrected chi connectivity index (χ1v) is 13.9. The topological polar surface area (TPSA) is 113 Å². The summed E-state index contributed by atoms with van der Waals surface area (Å²) in [7, 11) is -2.96. The number of nitrogens with one attached hydrogen (secondary N) is 1. The molecule has 1 aromatic carbocycles. The first-order valence-electron chi connectivity index (χ1n) is 12.0. The number of pyridine rings is 1. The van der Waals surface area contributed by atoms with Gasteiger partial charge in [-0.05, 0) is 29.3 Å². The second-order valence-corrected chi connectivity index (χ2v) is 11.5. The lowest BCUT2D eigenvalue weighted by Gasteiger charge is -2.33. The average Bonchev–Trinajstić information content (AvgIpc) is 3.50. The smallest absolute Gasteiger partial charge is 0.320 e. The number of rotatable bonds is 7. The van der Waals surface area contributed by atoms with Crippen LogP contribution in [0.4, 0.5) is 14.5 Å². The minimum atomic E-state index is -2.96. The molecule has 0 aliphatic carbocycles. The van der Waals surface area contributed by atoms with Crippen molar-refractivity contribution < 1.29 is 27.1 Å². The van der Waals surface area contributed by atoms with E-state index >= 15 is 0 Å². The Labute approximate surface area is 214 Å². The molecule has 13 heteroatoms. The maximum Gasteiger partial charge on any atom is 0.320 e. The Morgan fingerprint density at radius 1 is 1.19 bits per heavy atom. The van der Waals surface area contributed by atoms with Gasteiger partial charge in [0.25, 0.3) is 10.4 Å². The zero-order chi connectivity index (χ0) is 26.3. The molecule has 2 N–H and O–H groups in total. The van der Waals surface area contributed by atoms with Gasteiger partial charge < -0.3 is 15.0 Å². The van der Waals surface area contributed by atoms with Crippen LogP contribution in [-0.4, -0.2) is 74.4 Å². The molecule has 198 valence electrons. The number of halogens is 2. The van der Waals surface area contributed by atoms with Crippen LogP contribution in [0.25, 0.3) is 22.3 Å². The highest BCUT2D eigenvalue weighted by Crippen LogP contribution is 2.33. The summed E-state index contributed by atoms with van der Waals surface area (Å²) in [6.07, 6.45) is 2.28. The van der Waals surface area contributed by atoms with Crippen LogP contribution in [0.1, 0.15) is 19.9 Å². The quantitative estimate of drug-likeness (QED) is 0.447. The molecule has 0 radical (unpaired) electrons. The van der Waals surface area contributed by atoms with E-state index in [9.17, 15) is 22.3 Å². The van der Waals surface area contributed by atoms with Gasteiger partial charge in [-0.2, -0.15) is 13.3 Å². The lowest BCUT2D eigenvalue weighted by molar-refractivity contribution is -0.119. The third-order valence-corrected chi connectivity index (χ3v) is 8.27. The van der Waals surface area contributed by atoms with E-state index in [1.54, 1.807) is 17.3 Å². The van der Waals surface area contributed by atoms with Gasteiger partial charge >= 0.3 is 6.55 Å². The van der Waals surface area contributed by atoms with Gasteiger partial charge in [-0.15, -0.1) is 0 Å². The summed E-state index contributed by atoms with van der Waals surface area (Å²) in [5, 5.41) is 2.77. The second kappa shape index (κ2) is 9.95. The van der Waals surface area contributed by atoms with Crippen LogP contribution in [0.15, 0.2) is 36.7 Å². The van der Waals surface area contributed by atoms with Crippen molar-refractivity contribution in [2.24, 2.45) is 5.92 Å². The SMILES string of the molecule is C[C@@H](Oc1nc(-c2ccc(N3CCN([S+](C)(=O)O)CC3)cc2)cc2ncn(C(F)F)c12)[C@H]1CNC(=O)C1. The largest absolute Gasteiger partial charge is 0.473 e. The van der Waals surface area contributed by atoms with Crippen molar-refractivity contribution in [1.82, 2.24) is 24.2 Å². The van der Waals surface area contributed by atoms with Gasteiger partial charge in [-0.1, -0.05) is 16.4 Å². The Kier molecular flexibility index (Phi) is 6.86. The maximum atomic E-state index is 13.7.